The van der Waals surface area contributed by atoms with Crippen molar-refractivity contribution in [2.75, 3.05) is 6.54 Å². The van der Waals surface area contributed by atoms with Crippen molar-refractivity contribution in [2.45, 2.75) is 13.8 Å². The Morgan fingerprint density at radius 1 is 1.06 bits per heavy atom. The highest BCUT2D eigenvalue weighted by atomic mass is 16.5. The van der Waals surface area contributed by atoms with Crippen molar-refractivity contribution in [1.29, 1.82) is 5.26 Å². The van der Waals surface area contributed by atoms with Gasteiger partial charge in [0.25, 0.3) is 5.91 Å². The molecule has 0 atom stereocenters. The summed E-state index contributed by atoms with van der Waals surface area (Å²) in [5.74, 6) is -1.04. The highest BCUT2D eigenvalue weighted by Gasteiger charge is 2.33. The second-order valence-electron chi connectivity index (χ2n) is 8.46. The van der Waals surface area contributed by atoms with Gasteiger partial charge in [-0.25, -0.2) is 9.88 Å². The SMILES string of the molecule is CC(C)(CN(C#N)C(=O)c1ncc(O)c2ccc(Oc3cccc4ccccc34)cc12)C(=O)O. The fraction of sp³-hybridized carbons (Fsp3) is 0.154. The maximum Gasteiger partial charge on any atom is 0.310 e. The maximum atomic E-state index is 13.2. The zero-order chi connectivity index (χ0) is 24.5. The number of nitriles is 1. The first kappa shape index (κ1) is 22.6. The Labute approximate surface area is 195 Å². The zero-order valence-electron chi connectivity index (χ0n) is 18.5. The number of aliphatic carboxylic acids is 1. The number of carboxylic acids is 1. The molecule has 0 saturated heterocycles. The van der Waals surface area contributed by atoms with Gasteiger partial charge in [-0.2, -0.15) is 5.26 Å². The normalized spacial score (nSPS) is 11.2. The summed E-state index contributed by atoms with van der Waals surface area (Å²) in [6, 6.07) is 18.2. The Morgan fingerprint density at radius 3 is 2.53 bits per heavy atom. The van der Waals surface area contributed by atoms with Crippen molar-refractivity contribution in [3.8, 4) is 23.4 Å². The fourth-order valence-corrected chi connectivity index (χ4v) is 3.60. The summed E-state index contributed by atoms with van der Waals surface area (Å²) in [6.45, 7) is 2.50. The molecule has 0 saturated carbocycles. The Morgan fingerprint density at radius 2 is 1.79 bits per heavy atom. The number of carboxylic acid groups (broad SMARTS) is 1. The van der Waals surface area contributed by atoms with Gasteiger partial charge in [-0.3, -0.25) is 9.59 Å². The molecule has 34 heavy (non-hydrogen) atoms. The number of carbonyl (C=O) groups is 2. The number of rotatable bonds is 6. The predicted octanol–water partition coefficient (Wildman–Crippen LogP) is 4.92. The van der Waals surface area contributed by atoms with Crippen LogP contribution in [0, 0.1) is 16.9 Å². The van der Waals surface area contributed by atoms with E-state index in [9.17, 15) is 25.1 Å². The molecule has 0 aliphatic carbocycles. The molecule has 0 unspecified atom stereocenters. The Kier molecular flexibility index (Phi) is 5.78. The first-order valence-electron chi connectivity index (χ1n) is 10.4. The number of aromatic nitrogens is 1. The van der Waals surface area contributed by atoms with Crippen LogP contribution in [0.4, 0.5) is 0 Å². The lowest BCUT2D eigenvalue weighted by Crippen LogP contribution is -2.40. The van der Waals surface area contributed by atoms with Crippen LogP contribution >= 0.6 is 0 Å². The van der Waals surface area contributed by atoms with Gasteiger partial charge in [0.05, 0.1) is 18.2 Å². The summed E-state index contributed by atoms with van der Waals surface area (Å²) in [5.41, 5.74) is -1.44. The van der Waals surface area contributed by atoms with E-state index < -0.39 is 17.3 Å². The van der Waals surface area contributed by atoms with Gasteiger partial charge in [0.15, 0.2) is 6.19 Å². The van der Waals surface area contributed by atoms with Crippen LogP contribution in [0.3, 0.4) is 0 Å². The topological polar surface area (TPSA) is 124 Å². The molecule has 1 heterocycles. The van der Waals surface area contributed by atoms with Gasteiger partial charge in [-0.1, -0.05) is 36.4 Å². The second kappa shape index (κ2) is 8.71. The molecule has 8 nitrogen and oxygen atoms in total. The van der Waals surface area contributed by atoms with E-state index in [1.165, 1.54) is 13.8 Å². The number of nitrogens with zero attached hydrogens (tertiary/aromatic N) is 3. The van der Waals surface area contributed by atoms with Crippen LogP contribution in [0.15, 0.2) is 66.9 Å². The summed E-state index contributed by atoms with van der Waals surface area (Å²) in [6.07, 6.45) is 2.88. The van der Waals surface area contributed by atoms with Crippen LogP contribution in [0.2, 0.25) is 0 Å². The van der Waals surface area contributed by atoms with E-state index in [0.29, 0.717) is 16.9 Å². The third-order valence-corrected chi connectivity index (χ3v) is 5.52. The summed E-state index contributed by atoms with van der Waals surface area (Å²) in [7, 11) is 0. The largest absolute Gasteiger partial charge is 0.506 e. The van der Waals surface area contributed by atoms with E-state index in [0.717, 1.165) is 21.9 Å². The molecular weight excluding hydrogens is 434 g/mol. The number of fused-ring (bicyclic) bond motifs is 2. The fourth-order valence-electron chi connectivity index (χ4n) is 3.60. The first-order chi connectivity index (χ1) is 16.2. The number of carbonyl (C=O) groups excluding carboxylic acids is 1. The highest BCUT2D eigenvalue weighted by Crippen LogP contribution is 2.34. The molecule has 0 fully saturated rings. The molecule has 2 N–H and O–H groups in total. The van der Waals surface area contributed by atoms with Gasteiger partial charge in [-0.15, -0.1) is 0 Å². The molecule has 170 valence electrons. The smallest absolute Gasteiger partial charge is 0.310 e. The monoisotopic (exact) mass is 455 g/mol. The van der Waals surface area contributed by atoms with Gasteiger partial charge in [-0.05, 0) is 43.5 Å². The number of aromatic hydroxyl groups is 1. The number of amides is 1. The number of hydrogen-bond acceptors (Lipinski definition) is 6. The summed E-state index contributed by atoms with van der Waals surface area (Å²) in [5, 5.41) is 31.7. The van der Waals surface area contributed by atoms with Crippen LogP contribution in [-0.2, 0) is 4.79 Å². The minimum atomic E-state index is -1.35. The standard InChI is InChI=1S/C26H21N3O5/c1-26(2,25(32)33)14-29(15-27)24(31)23-20-12-17(10-11-19(20)21(30)13-28-23)34-22-9-5-7-16-6-3-4-8-18(16)22/h3-13,30H,14H2,1-2H3,(H,32,33). The molecule has 3 aromatic carbocycles. The van der Waals surface area contributed by atoms with Crippen molar-refractivity contribution in [3.63, 3.8) is 0 Å². The van der Waals surface area contributed by atoms with Gasteiger partial charge in [0.1, 0.15) is 22.9 Å². The summed E-state index contributed by atoms with van der Waals surface area (Å²) in [4.78, 5) is 29.5. The molecule has 0 radical (unpaired) electrons. The minimum absolute atomic E-state index is 0.0982. The van der Waals surface area contributed by atoms with Crippen molar-refractivity contribution in [3.05, 3.63) is 72.6 Å². The molecular formula is C26H21N3O5. The third-order valence-electron chi connectivity index (χ3n) is 5.52. The molecule has 1 amide bonds. The third kappa shape index (κ3) is 4.19. The number of hydrogen-bond donors (Lipinski definition) is 2. The van der Waals surface area contributed by atoms with E-state index >= 15 is 0 Å². The van der Waals surface area contributed by atoms with E-state index in [4.69, 9.17) is 4.74 Å². The van der Waals surface area contributed by atoms with E-state index in [1.807, 2.05) is 42.5 Å². The van der Waals surface area contributed by atoms with Crippen molar-refractivity contribution >= 4 is 33.4 Å². The molecule has 8 heteroatoms. The molecule has 4 rings (SSSR count). The number of pyridine rings is 1. The van der Waals surface area contributed by atoms with Crippen LogP contribution in [0.5, 0.6) is 17.2 Å². The van der Waals surface area contributed by atoms with Crippen LogP contribution in [-0.4, -0.2) is 38.5 Å². The average Bonchev–Trinajstić information content (AvgIpc) is 2.82. The molecule has 0 bridgehead atoms. The summed E-state index contributed by atoms with van der Waals surface area (Å²) >= 11 is 0. The first-order valence-corrected chi connectivity index (χ1v) is 10.4. The quantitative estimate of drug-likeness (QED) is 0.312. The molecule has 0 spiro atoms. The maximum absolute atomic E-state index is 13.2. The Hall–Kier alpha value is -4.64. The van der Waals surface area contributed by atoms with E-state index in [1.54, 1.807) is 24.4 Å². The van der Waals surface area contributed by atoms with Gasteiger partial charge < -0.3 is 14.9 Å². The van der Waals surface area contributed by atoms with E-state index in [2.05, 4.69) is 4.98 Å². The van der Waals surface area contributed by atoms with Gasteiger partial charge in [0.2, 0.25) is 0 Å². The number of benzene rings is 3. The van der Waals surface area contributed by atoms with Crippen molar-refractivity contribution < 1.29 is 24.5 Å². The van der Waals surface area contributed by atoms with Crippen LogP contribution < -0.4 is 4.74 Å². The minimum Gasteiger partial charge on any atom is -0.506 e. The lowest BCUT2D eigenvalue weighted by atomic mass is 9.93. The molecule has 1 aromatic heterocycles. The Bertz CT molecular complexity index is 1470. The Balaban J connectivity index is 1.76. The second-order valence-corrected chi connectivity index (χ2v) is 8.46. The predicted molar refractivity (Wildman–Crippen MR) is 125 cm³/mol. The van der Waals surface area contributed by atoms with E-state index in [-0.39, 0.29) is 23.4 Å². The summed E-state index contributed by atoms with van der Waals surface area (Å²) < 4.78 is 6.10. The van der Waals surface area contributed by atoms with Gasteiger partial charge >= 0.3 is 5.97 Å². The number of ether oxygens (including phenoxy) is 1. The lowest BCUT2D eigenvalue weighted by molar-refractivity contribution is -0.147. The average molecular weight is 455 g/mol. The van der Waals surface area contributed by atoms with Gasteiger partial charge in [0, 0.05) is 16.2 Å². The highest BCUT2D eigenvalue weighted by molar-refractivity contribution is 6.07. The molecule has 0 aliphatic heterocycles. The van der Waals surface area contributed by atoms with Crippen molar-refractivity contribution in [2.24, 2.45) is 5.41 Å². The van der Waals surface area contributed by atoms with Crippen LogP contribution in [0.25, 0.3) is 21.5 Å². The molecule has 4 aromatic rings. The lowest BCUT2D eigenvalue weighted by Gasteiger charge is -2.24. The molecule has 0 aliphatic rings. The van der Waals surface area contributed by atoms with Crippen molar-refractivity contribution in [1.82, 2.24) is 9.88 Å². The zero-order valence-corrected chi connectivity index (χ0v) is 18.5. The van der Waals surface area contributed by atoms with Crippen LogP contribution in [0.1, 0.15) is 24.3 Å².